The van der Waals surface area contributed by atoms with E-state index in [9.17, 15) is 4.79 Å². The minimum absolute atomic E-state index is 0.116. The molecule has 25 heavy (non-hydrogen) atoms. The van der Waals surface area contributed by atoms with Gasteiger partial charge in [0.25, 0.3) is 5.91 Å². The third-order valence-corrected chi connectivity index (χ3v) is 4.06. The van der Waals surface area contributed by atoms with Crippen molar-refractivity contribution in [1.82, 2.24) is 15.1 Å². The summed E-state index contributed by atoms with van der Waals surface area (Å²) in [6.07, 6.45) is 2.36. The monoisotopic (exact) mass is 335 g/mol. The number of aromatic nitrogens is 2. The average molecular weight is 335 g/mol. The highest BCUT2D eigenvalue weighted by Gasteiger charge is 2.16. The molecule has 1 heterocycles. The summed E-state index contributed by atoms with van der Waals surface area (Å²) in [5, 5.41) is 7.35. The van der Waals surface area contributed by atoms with Gasteiger partial charge >= 0.3 is 0 Å². The molecule has 0 aliphatic carbocycles. The summed E-state index contributed by atoms with van der Waals surface area (Å²) < 4.78 is 6.96. The number of methoxy groups -OCH3 is 1. The van der Waals surface area contributed by atoms with E-state index in [-0.39, 0.29) is 5.91 Å². The van der Waals surface area contributed by atoms with Crippen LogP contribution in [0.2, 0.25) is 0 Å². The Kier molecular flexibility index (Phi) is 5.14. The Balaban J connectivity index is 1.74. The number of para-hydroxylation sites is 1. The molecule has 0 radical (unpaired) electrons. The Morgan fingerprint density at radius 1 is 1.12 bits per heavy atom. The van der Waals surface area contributed by atoms with Gasteiger partial charge in [-0.2, -0.15) is 5.10 Å². The van der Waals surface area contributed by atoms with E-state index in [1.54, 1.807) is 13.3 Å². The van der Waals surface area contributed by atoms with Crippen LogP contribution in [0.1, 0.15) is 28.5 Å². The molecule has 3 aromatic rings. The number of nitrogens with one attached hydrogen (secondary N) is 1. The number of amides is 1. The van der Waals surface area contributed by atoms with Crippen LogP contribution >= 0.6 is 0 Å². The number of hydrogen-bond acceptors (Lipinski definition) is 3. The first-order valence-electron chi connectivity index (χ1n) is 8.26. The van der Waals surface area contributed by atoms with Crippen molar-refractivity contribution in [3.63, 3.8) is 0 Å². The zero-order chi connectivity index (χ0) is 17.6. The van der Waals surface area contributed by atoms with Crippen molar-refractivity contribution in [3.05, 3.63) is 77.6 Å². The van der Waals surface area contributed by atoms with E-state index in [0.717, 1.165) is 29.1 Å². The summed E-state index contributed by atoms with van der Waals surface area (Å²) >= 11 is 0. The molecular formula is C20H21N3O2. The number of carbonyl (C=O) groups excluding carboxylic acids is 1. The van der Waals surface area contributed by atoms with E-state index in [1.165, 1.54) is 0 Å². The number of rotatable bonds is 6. The van der Waals surface area contributed by atoms with E-state index in [4.69, 9.17) is 4.74 Å². The van der Waals surface area contributed by atoms with E-state index in [0.29, 0.717) is 12.1 Å². The van der Waals surface area contributed by atoms with Crippen LogP contribution in [-0.4, -0.2) is 22.8 Å². The Morgan fingerprint density at radius 3 is 2.48 bits per heavy atom. The SMILES string of the molecule is CCc1c(C(=O)NCc2ccc(OC)cc2)cnn1-c1ccccc1. The molecule has 0 bridgehead atoms. The highest BCUT2D eigenvalue weighted by atomic mass is 16.5. The number of ether oxygens (including phenoxy) is 1. The fraction of sp³-hybridized carbons (Fsp3) is 0.200. The highest BCUT2D eigenvalue weighted by Crippen LogP contribution is 2.16. The smallest absolute Gasteiger partial charge is 0.255 e. The molecule has 5 nitrogen and oxygen atoms in total. The predicted molar refractivity (Wildman–Crippen MR) is 97.1 cm³/mol. The van der Waals surface area contributed by atoms with Crippen molar-refractivity contribution in [2.24, 2.45) is 0 Å². The molecule has 2 aromatic carbocycles. The van der Waals surface area contributed by atoms with Crippen LogP contribution in [0.25, 0.3) is 5.69 Å². The number of carbonyl (C=O) groups is 1. The van der Waals surface area contributed by atoms with Crippen LogP contribution in [0, 0.1) is 0 Å². The van der Waals surface area contributed by atoms with Gasteiger partial charge in [0.1, 0.15) is 5.75 Å². The second kappa shape index (κ2) is 7.66. The zero-order valence-electron chi connectivity index (χ0n) is 14.4. The Labute approximate surface area is 147 Å². The van der Waals surface area contributed by atoms with Gasteiger partial charge in [-0.3, -0.25) is 4.79 Å². The number of nitrogens with zero attached hydrogens (tertiary/aromatic N) is 2. The summed E-state index contributed by atoms with van der Waals surface area (Å²) in [6.45, 7) is 2.49. The lowest BCUT2D eigenvalue weighted by atomic mass is 10.1. The minimum atomic E-state index is -0.116. The maximum atomic E-state index is 12.6. The van der Waals surface area contributed by atoms with Crippen molar-refractivity contribution >= 4 is 5.91 Å². The predicted octanol–water partition coefficient (Wildman–Crippen LogP) is 3.37. The third-order valence-electron chi connectivity index (χ3n) is 4.06. The van der Waals surface area contributed by atoms with Crippen molar-refractivity contribution in [2.75, 3.05) is 7.11 Å². The lowest BCUT2D eigenvalue weighted by Crippen LogP contribution is -2.23. The maximum absolute atomic E-state index is 12.6. The highest BCUT2D eigenvalue weighted by molar-refractivity contribution is 5.95. The molecule has 3 rings (SSSR count). The van der Waals surface area contributed by atoms with Crippen LogP contribution in [-0.2, 0) is 13.0 Å². The minimum Gasteiger partial charge on any atom is -0.497 e. The molecule has 0 aliphatic heterocycles. The second-order valence-corrected chi connectivity index (χ2v) is 5.64. The molecule has 5 heteroatoms. The quantitative estimate of drug-likeness (QED) is 0.751. The zero-order valence-corrected chi connectivity index (χ0v) is 14.4. The van der Waals surface area contributed by atoms with Gasteiger partial charge in [0, 0.05) is 6.54 Å². The lowest BCUT2D eigenvalue weighted by Gasteiger charge is -2.09. The Bertz CT molecular complexity index is 839. The molecule has 0 fully saturated rings. The fourth-order valence-corrected chi connectivity index (χ4v) is 2.72. The van der Waals surface area contributed by atoms with Gasteiger partial charge in [0.05, 0.1) is 30.3 Å². The van der Waals surface area contributed by atoms with Gasteiger partial charge in [-0.05, 0) is 36.2 Å². The summed E-state index contributed by atoms with van der Waals surface area (Å²) in [5.74, 6) is 0.683. The Hall–Kier alpha value is -3.08. The molecule has 0 unspecified atom stereocenters. The van der Waals surface area contributed by atoms with Crippen molar-refractivity contribution in [1.29, 1.82) is 0 Å². The third kappa shape index (κ3) is 3.71. The van der Waals surface area contributed by atoms with Crippen molar-refractivity contribution in [3.8, 4) is 11.4 Å². The molecule has 0 saturated carbocycles. The summed E-state index contributed by atoms with van der Waals surface area (Å²) in [4.78, 5) is 12.6. The summed E-state index contributed by atoms with van der Waals surface area (Å²) in [6, 6.07) is 17.5. The van der Waals surface area contributed by atoms with E-state index in [1.807, 2.05) is 66.2 Å². The van der Waals surface area contributed by atoms with Gasteiger partial charge < -0.3 is 10.1 Å². The molecule has 0 aliphatic rings. The number of benzene rings is 2. The van der Waals surface area contributed by atoms with Gasteiger partial charge in [0.15, 0.2) is 0 Å². The van der Waals surface area contributed by atoms with Gasteiger partial charge in [0.2, 0.25) is 0 Å². The molecule has 128 valence electrons. The molecule has 1 amide bonds. The molecular weight excluding hydrogens is 314 g/mol. The fourth-order valence-electron chi connectivity index (χ4n) is 2.72. The maximum Gasteiger partial charge on any atom is 0.255 e. The van der Waals surface area contributed by atoms with E-state index in [2.05, 4.69) is 10.4 Å². The first-order chi connectivity index (χ1) is 12.2. The Morgan fingerprint density at radius 2 is 1.84 bits per heavy atom. The molecule has 0 spiro atoms. The first kappa shape index (κ1) is 16.8. The van der Waals surface area contributed by atoms with Crippen molar-refractivity contribution in [2.45, 2.75) is 19.9 Å². The second-order valence-electron chi connectivity index (χ2n) is 5.64. The average Bonchev–Trinajstić information content (AvgIpc) is 3.11. The summed E-state index contributed by atoms with van der Waals surface area (Å²) in [5.41, 5.74) is 3.48. The topological polar surface area (TPSA) is 56.1 Å². The molecule has 1 aromatic heterocycles. The van der Waals surface area contributed by atoms with Crippen LogP contribution in [0.15, 0.2) is 60.8 Å². The van der Waals surface area contributed by atoms with Crippen LogP contribution in [0.5, 0.6) is 5.75 Å². The van der Waals surface area contributed by atoms with Gasteiger partial charge in [-0.15, -0.1) is 0 Å². The summed E-state index contributed by atoms with van der Waals surface area (Å²) in [7, 11) is 1.63. The standard InChI is InChI=1S/C20H21N3O2/c1-3-19-18(14-22-23(19)16-7-5-4-6-8-16)20(24)21-13-15-9-11-17(25-2)12-10-15/h4-12,14H,3,13H2,1-2H3,(H,21,24). The van der Waals surface area contributed by atoms with Crippen LogP contribution in [0.4, 0.5) is 0 Å². The van der Waals surface area contributed by atoms with Crippen molar-refractivity contribution < 1.29 is 9.53 Å². The van der Waals surface area contributed by atoms with Gasteiger partial charge in [-0.1, -0.05) is 37.3 Å². The van der Waals surface area contributed by atoms with E-state index >= 15 is 0 Å². The van der Waals surface area contributed by atoms with Gasteiger partial charge in [-0.25, -0.2) is 4.68 Å². The molecule has 0 saturated heterocycles. The van der Waals surface area contributed by atoms with Crippen LogP contribution in [0.3, 0.4) is 0 Å². The largest absolute Gasteiger partial charge is 0.497 e. The van der Waals surface area contributed by atoms with E-state index < -0.39 is 0 Å². The first-order valence-corrected chi connectivity index (χ1v) is 8.26. The lowest BCUT2D eigenvalue weighted by molar-refractivity contribution is 0.0950. The molecule has 1 N–H and O–H groups in total. The molecule has 0 atom stereocenters. The normalized spacial score (nSPS) is 10.5. The van der Waals surface area contributed by atoms with Crippen LogP contribution < -0.4 is 10.1 Å². The number of hydrogen-bond donors (Lipinski definition) is 1.